The average molecular weight is 433 g/mol. The molecule has 5 rings (SSSR count). The van der Waals surface area contributed by atoms with Crippen LogP contribution in [0.2, 0.25) is 0 Å². The van der Waals surface area contributed by atoms with Crippen LogP contribution in [0.5, 0.6) is 0 Å². The van der Waals surface area contributed by atoms with E-state index in [9.17, 15) is 0 Å². The van der Waals surface area contributed by atoms with Crippen LogP contribution in [0.25, 0.3) is 27.7 Å². The topological polar surface area (TPSA) is 17.3 Å². The number of nitrogens with zero attached hydrogens (tertiary/aromatic N) is 2. The number of benzene rings is 3. The molecule has 0 aliphatic carbocycles. The van der Waals surface area contributed by atoms with Crippen molar-refractivity contribution >= 4 is 16.6 Å². The normalized spacial score (nSPS) is 12.5. The molecule has 0 aliphatic heterocycles. The second-order valence-electron chi connectivity index (χ2n) is 9.42. The van der Waals surface area contributed by atoms with Crippen molar-refractivity contribution in [1.82, 2.24) is 9.38 Å². The standard InChI is InChI=1S/C31H32N2/c1-6-20(2)26-12-9-10-21(3)30(26)25-16-14-24(15-17-25)19-28-27-11-7-8-13-29(27)33-23(5)18-22(4)32-31(28)33/h7-18,20H,6,19H2,1-5H3. The van der Waals surface area contributed by atoms with Crippen LogP contribution in [0.15, 0.2) is 72.8 Å². The minimum absolute atomic E-state index is 0.552. The van der Waals surface area contributed by atoms with Crippen molar-refractivity contribution in [2.45, 2.75) is 53.4 Å². The predicted octanol–water partition coefficient (Wildman–Crippen LogP) is 8.18. The summed E-state index contributed by atoms with van der Waals surface area (Å²) < 4.78 is 2.30. The van der Waals surface area contributed by atoms with Gasteiger partial charge in [0.1, 0.15) is 5.65 Å². The van der Waals surface area contributed by atoms with E-state index in [0.29, 0.717) is 5.92 Å². The average Bonchev–Trinajstić information content (AvgIpc) is 3.12. The monoisotopic (exact) mass is 432 g/mol. The lowest BCUT2D eigenvalue weighted by Crippen LogP contribution is -1.98. The molecule has 0 N–H and O–H groups in total. The maximum atomic E-state index is 4.95. The van der Waals surface area contributed by atoms with E-state index >= 15 is 0 Å². The van der Waals surface area contributed by atoms with Gasteiger partial charge < -0.3 is 0 Å². The van der Waals surface area contributed by atoms with Gasteiger partial charge in [-0.15, -0.1) is 0 Å². The van der Waals surface area contributed by atoms with Crippen LogP contribution in [0.1, 0.15) is 59.8 Å². The molecule has 0 bridgehead atoms. The van der Waals surface area contributed by atoms with Gasteiger partial charge in [0.2, 0.25) is 0 Å². The molecule has 5 aromatic rings. The molecule has 0 saturated heterocycles. The summed E-state index contributed by atoms with van der Waals surface area (Å²) >= 11 is 0. The van der Waals surface area contributed by atoms with Crippen LogP contribution < -0.4 is 0 Å². The lowest BCUT2D eigenvalue weighted by Gasteiger charge is -2.18. The van der Waals surface area contributed by atoms with Crippen molar-refractivity contribution in [1.29, 1.82) is 0 Å². The highest BCUT2D eigenvalue weighted by molar-refractivity contribution is 5.91. The van der Waals surface area contributed by atoms with Gasteiger partial charge in [0.25, 0.3) is 0 Å². The summed E-state index contributed by atoms with van der Waals surface area (Å²) in [7, 11) is 0. The summed E-state index contributed by atoms with van der Waals surface area (Å²) in [6.07, 6.45) is 2.02. The Kier molecular flexibility index (Phi) is 5.54. The number of fused-ring (bicyclic) bond motifs is 3. The van der Waals surface area contributed by atoms with Crippen LogP contribution in [0, 0.1) is 20.8 Å². The minimum Gasteiger partial charge on any atom is -0.298 e. The van der Waals surface area contributed by atoms with Crippen LogP contribution in [0.4, 0.5) is 0 Å². The molecule has 2 aromatic heterocycles. The molecular formula is C31H32N2. The van der Waals surface area contributed by atoms with E-state index in [1.165, 1.54) is 50.0 Å². The summed E-state index contributed by atoms with van der Waals surface area (Å²) in [5, 5.41) is 1.29. The largest absolute Gasteiger partial charge is 0.298 e. The highest BCUT2D eigenvalue weighted by Crippen LogP contribution is 2.35. The third-order valence-electron chi connectivity index (χ3n) is 7.08. The first-order valence-electron chi connectivity index (χ1n) is 12.0. The van der Waals surface area contributed by atoms with E-state index in [4.69, 9.17) is 4.98 Å². The van der Waals surface area contributed by atoms with E-state index < -0.39 is 0 Å². The fraction of sp³-hybridized carbons (Fsp3) is 0.258. The maximum absolute atomic E-state index is 4.95. The summed E-state index contributed by atoms with van der Waals surface area (Å²) in [6.45, 7) is 11.1. The summed E-state index contributed by atoms with van der Waals surface area (Å²) in [5.74, 6) is 0.552. The molecule has 0 fully saturated rings. The zero-order chi connectivity index (χ0) is 23.1. The first-order chi connectivity index (χ1) is 16.0. The smallest absolute Gasteiger partial charge is 0.141 e. The second kappa shape index (κ2) is 8.51. The van der Waals surface area contributed by atoms with Crippen LogP contribution in [-0.2, 0) is 6.42 Å². The Hall–Kier alpha value is -3.39. The Morgan fingerprint density at radius 1 is 0.879 bits per heavy atom. The van der Waals surface area contributed by atoms with Gasteiger partial charge in [-0.3, -0.25) is 4.40 Å². The van der Waals surface area contributed by atoms with Gasteiger partial charge in [-0.1, -0.05) is 74.5 Å². The van der Waals surface area contributed by atoms with Crippen molar-refractivity contribution in [2.24, 2.45) is 0 Å². The number of rotatable bonds is 5. The molecular weight excluding hydrogens is 400 g/mol. The van der Waals surface area contributed by atoms with Crippen molar-refractivity contribution in [2.75, 3.05) is 0 Å². The molecule has 1 unspecified atom stereocenters. The van der Waals surface area contributed by atoms with E-state index in [0.717, 1.165) is 24.2 Å². The van der Waals surface area contributed by atoms with E-state index in [-0.39, 0.29) is 0 Å². The summed E-state index contributed by atoms with van der Waals surface area (Å²) in [4.78, 5) is 4.95. The van der Waals surface area contributed by atoms with Crippen molar-refractivity contribution in [3.8, 4) is 11.1 Å². The van der Waals surface area contributed by atoms with Gasteiger partial charge in [-0.25, -0.2) is 4.98 Å². The lowest BCUT2D eigenvalue weighted by molar-refractivity contribution is 0.734. The maximum Gasteiger partial charge on any atom is 0.141 e. The van der Waals surface area contributed by atoms with Gasteiger partial charge in [0.05, 0.1) is 5.52 Å². The zero-order valence-corrected chi connectivity index (χ0v) is 20.3. The highest BCUT2D eigenvalue weighted by Gasteiger charge is 2.16. The first-order valence-corrected chi connectivity index (χ1v) is 12.0. The molecule has 1 atom stereocenters. The first kappa shape index (κ1) is 21.5. The molecule has 3 aromatic carbocycles. The van der Waals surface area contributed by atoms with Gasteiger partial charge >= 0.3 is 0 Å². The van der Waals surface area contributed by atoms with E-state index in [1.54, 1.807) is 0 Å². The quantitative estimate of drug-likeness (QED) is 0.274. The van der Waals surface area contributed by atoms with Gasteiger partial charge in [0, 0.05) is 28.8 Å². The van der Waals surface area contributed by atoms with E-state index in [1.807, 2.05) is 0 Å². The SMILES string of the molecule is CCC(C)c1cccc(C)c1-c1ccc(Cc2c3ccccc3n3c(C)cc(C)nc23)cc1. The van der Waals surface area contributed by atoms with Crippen LogP contribution in [0.3, 0.4) is 0 Å². The number of aryl methyl sites for hydroxylation is 3. The Balaban J connectivity index is 1.58. The number of para-hydroxylation sites is 1. The zero-order valence-electron chi connectivity index (χ0n) is 20.3. The Bertz CT molecular complexity index is 1450. The lowest BCUT2D eigenvalue weighted by atomic mass is 9.87. The number of aromatic nitrogens is 2. The third kappa shape index (κ3) is 3.74. The molecule has 0 saturated carbocycles. The Morgan fingerprint density at radius 2 is 1.64 bits per heavy atom. The highest BCUT2D eigenvalue weighted by atomic mass is 15.0. The molecule has 2 heterocycles. The molecule has 2 heteroatoms. The van der Waals surface area contributed by atoms with Crippen LogP contribution in [-0.4, -0.2) is 9.38 Å². The van der Waals surface area contributed by atoms with Crippen molar-refractivity contribution in [3.63, 3.8) is 0 Å². The van der Waals surface area contributed by atoms with Crippen molar-refractivity contribution in [3.05, 3.63) is 106 Å². The fourth-order valence-corrected chi connectivity index (χ4v) is 5.22. The van der Waals surface area contributed by atoms with Gasteiger partial charge in [-0.2, -0.15) is 0 Å². The number of hydrogen-bond acceptors (Lipinski definition) is 1. The number of hydrogen-bond donors (Lipinski definition) is 0. The molecule has 166 valence electrons. The van der Waals surface area contributed by atoms with E-state index in [2.05, 4.69) is 112 Å². The summed E-state index contributed by atoms with van der Waals surface area (Å²) in [6, 6.07) is 26.7. The molecule has 33 heavy (non-hydrogen) atoms. The molecule has 0 radical (unpaired) electrons. The second-order valence-corrected chi connectivity index (χ2v) is 9.42. The molecule has 0 amide bonds. The molecule has 0 spiro atoms. The summed E-state index contributed by atoms with van der Waals surface area (Å²) in [5.41, 5.74) is 12.7. The van der Waals surface area contributed by atoms with Crippen LogP contribution >= 0.6 is 0 Å². The molecule has 2 nitrogen and oxygen atoms in total. The minimum atomic E-state index is 0.552. The predicted molar refractivity (Wildman–Crippen MR) is 140 cm³/mol. The Morgan fingerprint density at radius 3 is 2.39 bits per heavy atom. The van der Waals surface area contributed by atoms with Gasteiger partial charge in [0.15, 0.2) is 0 Å². The van der Waals surface area contributed by atoms with Gasteiger partial charge in [-0.05, 0) is 73.1 Å². The van der Waals surface area contributed by atoms with Crippen molar-refractivity contribution < 1.29 is 0 Å². The third-order valence-corrected chi connectivity index (χ3v) is 7.08. The Labute approximate surface area is 196 Å². The molecule has 0 aliphatic rings. The fourth-order valence-electron chi connectivity index (χ4n) is 5.22.